The predicted molar refractivity (Wildman–Crippen MR) is 127 cm³/mol. The molecule has 0 aliphatic carbocycles. The van der Waals surface area contributed by atoms with E-state index < -0.39 is 5.60 Å². The lowest BCUT2D eigenvalue weighted by molar-refractivity contribution is -0.0172. The summed E-state index contributed by atoms with van der Waals surface area (Å²) in [5.41, 5.74) is 1.01. The SMILES string of the molecule is CCNC(=NCCc1cc(F)cc2c1OCOC2)NC1CN(C(=O)OC(C)(C)C)C1.I. The number of fused-ring (bicyclic) bond motifs is 1. The van der Waals surface area contributed by atoms with Crippen molar-refractivity contribution in [2.75, 3.05) is 33.0 Å². The lowest BCUT2D eigenvalue weighted by atomic mass is 10.1. The number of ether oxygens (including phenoxy) is 3. The van der Waals surface area contributed by atoms with Crippen molar-refractivity contribution in [2.24, 2.45) is 4.99 Å². The van der Waals surface area contributed by atoms with E-state index in [0.29, 0.717) is 50.9 Å². The van der Waals surface area contributed by atoms with Crippen molar-refractivity contribution < 1.29 is 23.4 Å². The van der Waals surface area contributed by atoms with Gasteiger partial charge in [-0.2, -0.15) is 0 Å². The first-order chi connectivity index (χ1) is 14.2. The smallest absolute Gasteiger partial charge is 0.410 e. The number of halogens is 2. The van der Waals surface area contributed by atoms with Gasteiger partial charge in [-0.25, -0.2) is 9.18 Å². The van der Waals surface area contributed by atoms with E-state index in [4.69, 9.17) is 14.2 Å². The van der Waals surface area contributed by atoms with Crippen molar-refractivity contribution in [3.05, 3.63) is 29.1 Å². The fraction of sp³-hybridized carbons (Fsp3) is 0.619. The molecule has 3 rings (SSSR count). The topological polar surface area (TPSA) is 84.4 Å². The molecule has 1 amide bonds. The van der Waals surface area contributed by atoms with E-state index in [1.807, 2.05) is 27.7 Å². The Morgan fingerprint density at radius 2 is 2.10 bits per heavy atom. The molecule has 31 heavy (non-hydrogen) atoms. The van der Waals surface area contributed by atoms with E-state index in [2.05, 4.69) is 15.6 Å². The summed E-state index contributed by atoms with van der Waals surface area (Å²) in [6.45, 7) is 10.4. The predicted octanol–water partition coefficient (Wildman–Crippen LogP) is 3.03. The molecule has 0 bridgehead atoms. The van der Waals surface area contributed by atoms with Crippen molar-refractivity contribution in [3.63, 3.8) is 0 Å². The molecule has 10 heteroatoms. The zero-order valence-electron chi connectivity index (χ0n) is 18.5. The van der Waals surface area contributed by atoms with Crippen LogP contribution >= 0.6 is 24.0 Å². The number of hydrogen-bond acceptors (Lipinski definition) is 5. The number of aliphatic imine (C=N–C) groups is 1. The second-order valence-electron chi connectivity index (χ2n) is 8.40. The van der Waals surface area contributed by atoms with Crippen molar-refractivity contribution in [1.82, 2.24) is 15.5 Å². The lowest BCUT2D eigenvalue weighted by Gasteiger charge is -2.40. The van der Waals surface area contributed by atoms with Crippen LogP contribution in [0.5, 0.6) is 5.75 Å². The Morgan fingerprint density at radius 3 is 2.77 bits per heavy atom. The molecule has 174 valence electrons. The van der Waals surface area contributed by atoms with E-state index in [0.717, 1.165) is 11.1 Å². The van der Waals surface area contributed by atoms with Gasteiger partial charge in [0.15, 0.2) is 12.8 Å². The van der Waals surface area contributed by atoms with Gasteiger partial charge in [0.2, 0.25) is 0 Å². The molecule has 0 saturated carbocycles. The number of carbonyl (C=O) groups excluding carboxylic acids is 1. The number of carbonyl (C=O) groups is 1. The minimum atomic E-state index is -0.502. The molecule has 1 aromatic rings. The largest absolute Gasteiger partial charge is 0.467 e. The van der Waals surface area contributed by atoms with Gasteiger partial charge >= 0.3 is 6.09 Å². The van der Waals surface area contributed by atoms with Crippen molar-refractivity contribution >= 4 is 36.0 Å². The normalized spacial score (nSPS) is 16.4. The molecule has 1 saturated heterocycles. The number of nitrogens with one attached hydrogen (secondary N) is 2. The highest BCUT2D eigenvalue weighted by atomic mass is 127. The minimum absolute atomic E-state index is 0. The molecule has 8 nitrogen and oxygen atoms in total. The molecule has 2 aliphatic rings. The third kappa shape index (κ3) is 7.37. The zero-order valence-corrected chi connectivity index (χ0v) is 20.8. The lowest BCUT2D eigenvalue weighted by Crippen LogP contribution is -2.63. The van der Waals surface area contributed by atoms with E-state index in [9.17, 15) is 9.18 Å². The van der Waals surface area contributed by atoms with E-state index in [1.165, 1.54) is 12.1 Å². The van der Waals surface area contributed by atoms with Crippen molar-refractivity contribution in [1.29, 1.82) is 0 Å². The maximum Gasteiger partial charge on any atom is 0.410 e. The quantitative estimate of drug-likeness (QED) is 0.333. The molecule has 1 aromatic carbocycles. The first-order valence-corrected chi connectivity index (χ1v) is 10.3. The fourth-order valence-electron chi connectivity index (χ4n) is 3.29. The maximum absolute atomic E-state index is 13.9. The van der Waals surface area contributed by atoms with Gasteiger partial charge < -0.3 is 29.7 Å². The van der Waals surface area contributed by atoms with Crippen LogP contribution in [0.4, 0.5) is 9.18 Å². The van der Waals surface area contributed by atoms with Crippen LogP contribution in [0, 0.1) is 5.82 Å². The Morgan fingerprint density at radius 1 is 1.35 bits per heavy atom. The molecule has 2 heterocycles. The monoisotopic (exact) mass is 550 g/mol. The Hall–Kier alpha value is -1.82. The Labute approximate surface area is 199 Å². The number of amides is 1. The van der Waals surface area contributed by atoms with Gasteiger partial charge in [0.25, 0.3) is 0 Å². The highest BCUT2D eigenvalue weighted by molar-refractivity contribution is 14.0. The number of nitrogens with zero attached hydrogens (tertiary/aromatic N) is 2. The van der Waals surface area contributed by atoms with Crippen molar-refractivity contribution in [2.45, 2.75) is 52.4 Å². The fourth-order valence-corrected chi connectivity index (χ4v) is 3.29. The Balaban J connectivity index is 0.00000341. The van der Waals surface area contributed by atoms with Crippen LogP contribution in [0.15, 0.2) is 17.1 Å². The average molecular weight is 550 g/mol. The molecule has 0 atom stereocenters. The van der Waals surface area contributed by atoms with E-state index in [1.54, 1.807) is 4.90 Å². The number of likely N-dealkylation sites (tertiary alicyclic amines) is 1. The third-order valence-electron chi connectivity index (χ3n) is 4.62. The molecule has 2 aliphatic heterocycles. The van der Waals surface area contributed by atoms with Gasteiger partial charge in [0.05, 0.1) is 12.6 Å². The van der Waals surface area contributed by atoms with Gasteiger partial charge in [0, 0.05) is 31.7 Å². The van der Waals surface area contributed by atoms with Crippen LogP contribution in [-0.2, 0) is 22.5 Å². The van der Waals surface area contributed by atoms with Gasteiger partial charge in [-0.05, 0) is 51.8 Å². The van der Waals surface area contributed by atoms with Crippen molar-refractivity contribution in [3.8, 4) is 5.75 Å². The van der Waals surface area contributed by atoms with E-state index in [-0.39, 0.29) is 48.7 Å². The number of hydrogen-bond donors (Lipinski definition) is 2. The molecule has 0 spiro atoms. The summed E-state index contributed by atoms with van der Waals surface area (Å²) in [6, 6.07) is 3.04. The molecule has 0 unspecified atom stereocenters. The number of rotatable bonds is 5. The van der Waals surface area contributed by atoms with Gasteiger partial charge in [0.1, 0.15) is 17.2 Å². The molecule has 0 aromatic heterocycles. The van der Waals surface area contributed by atoms with E-state index >= 15 is 0 Å². The summed E-state index contributed by atoms with van der Waals surface area (Å²) in [5, 5.41) is 6.53. The first kappa shape index (κ1) is 25.4. The van der Waals surface area contributed by atoms with Gasteiger partial charge in [-0.3, -0.25) is 4.99 Å². The molecule has 2 N–H and O–H groups in total. The van der Waals surface area contributed by atoms with Crippen LogP contribution in [-0.4, -0.2) is 61.6 Å². The summed E-state index contributed by atoms with van der Waals surface area (Å²) in [7, 11) is 0. The third-order valence-corrected chi connectivity index (χ3v) is 4.62. The first-order valence-electron chi connectivity index (χ1n) is 10.3. The molecular weight excluding hydrogens is 518 g/mol. The minimum Gasteiger partial charge on any atom is -0.467 e. The van der Waals surface area contributed by atoms with Crippen LogP contribution in [0.3, 0.4) is 0 Å². The molecular formula is C21H32FIN4O4. The average Bonchev–Trinajstić information content (AvgIpc) is 2.62. The Kier molecular flexibility index (Phi) is 9.16. The molecule has 1 fully saturated rings. The summed E-state index contributed by atoms with van der Waals surface area (Å²) in [6.07, 6.45) is 0.244. The zero-order chi connectivity index (χ0) is 21.7. The summed E-state index contributed by atoms with van der Waals surface area (Å²) < 4.78 is 30.0. The van der Waals surface area contributed by atoms with Gasteiger partial charge in [-0.1, -0.05) is 0 Å². The standard InChI is InChI=1S/C21H31FN4O4.HI/c1-5-23-19(25-17-10-26(11-17)20(27)30-21(2,3)4)24-7-6-14-8-16(22)9-15-12-28-13-29-18(14)15;/h8-9,17H,5-7,10-13H2,1-4H3,(H2,23,24,25);1H. The number of benzene rings is 1. The number of guanidine groups is 1. The van der Waals surface area contributed by atoms with Crippen LogP contribution < -0.4 is 15.4 Å². The van der Waals surface area contributed by atoms with Gasteiger partial charge in [-0.15, -0.1) is 24.0 Å². The van der Waals surface area contributed by atoms with Crippen LogP contribution in [0.1, 0.15) is 38.8 Å². The summed E-state index contributed by atoms with van der Waals surface area (Å²) in [5.74, 6) is 1.06. The summed E-state index contributed by atoms with van der Waals surface area (Å²) >= 11 is 0. The summed E-state index contributed by atoms with van der Waals surface area (Å²) in [4.78, 5) is 18.3. The highest BCUT2D eigenvalue weighted by Gasteiger charge is 2.34. The second-order valence-corrected chi connectivity index (χ2v) is 8.40. The van der Waals surface area contributed by atoms with Crippen LogP contribution in [0.2, 0.25) is 0 Å². The maximum atomic E-state index is 13.9. The van der Waals surface area contributed by atoms with Crippen LogP contribution in [0.25, 0.3) is 0 Å². The highest BCUT2D eigenvalue weighted by Crippen LogP contribution is 2.29. The second kappa shape index (κ2) is 11.2. The molecule has 0 radical (unpaired) electrons. The Bertz CT molecular complexity index is 794.